The number of hydrogen-bond donors (Lipinski definition) is 1. The second-order valence-electron chi connectivity index (χ2n) is 8.78. The van der Waals surface area contributed by atoms with Gasteiger partial charge in [-0.1, -0.05) is 18.2 Å². The molecule has 2 amide bonds. The number of para-hydroxylation sites is 1. The van der Waals surface area contributed by atoms with Gasteiger partial charge in [-0.3, -0.25) is 19.1 Å². The van der Waals surface area contributed by atoms with Crippen molar-refractivity contribution in [2.45, 2.75) is 26.7 Å². The Hall–Kier alpha value is -3.15. The molecule has 2 aliphatic heterocycles. The second kappa shape index (κ2) is 10.2. The number of aromatic nitrogens is 1. The van der Waals surface area contributed by atoms with Crippen LogP contribution in [-0.2, 0) is 14.3 Å². The predicted molar refractivity (Wildman–Crippen MR) is 125 cm³/mol. The van der Waals surface area contributed by atoms with Gasteiger partial charge in [0.1, 0.15) is 11.9 Å². The minimum absolute atomic E-state index is 0.0861. The van der Waals surface area contributed by atoms with Crippen molar-refractivity contribution in [1.82, 2.24) is 14.4 Å². The number of rotatable bonds is 5. The lowest BCUT2D eigenvalue weighted by Crippen LogP contribution is -2.49. The second-order valence-corrected chi connectivity index (χ2v) is 8.78. The lowest BCUT2D eigenvalue weighted by Gasteiger charge is -2.35. The third-order valence-corrected chi connectivity index (χ3v) is 6.64. The molecule has 0 saturated carbocycles. The normalized spacial score (nSPS) is 19.2. The van der Waals surface area contributed by atoms with Crippen molar-refractivity contribution in [2.75, 3.05) is 51.3 Å². The Bertz CT molecular complexity index is 1050. The quantitative estimate of drug-likeness (QED) is 0.757. The Kier molecular flexibility index (Phi) is 7.11. The fraction of sp³-hybridized carbons (Fsp3) is 0.480. The Labute approximate surface area is 194 Å². The summed E-state index contributed by atoms with van der Waals surface area (Å²) in [5.41, 5.74) is 3.14. The lowest BCUT2D eigenvalue weighted by molar-refractivity contribution is -0.141. The average molecular weight is 450 g/mol. The minimum Gasteiger partial charge on any atom is -0.378 e. The summed E-state index contributed by atoms with van der Waals surface area (Å²) in [5, 5.41) is 12.8. The number of morpholine rings is 1. The molecule has 1 aromatic carbocycles. The molecule has 2 aliphatic rings. The first kappa shape index (κ1) is 23.0. The summed E-state index contributed by atoms with van der Waals surface area (Å²) in [7, 11) is 0. The molecule has 0 bridgehead atoms. The zero-order valence-electron chi connectivity index (χ0n) is 19.3. The van der Waals surface area contributed by atoms with E-state index < -0.39 is 0 Å². The molecule has 4 rings (SSSR count). The van der Waals surface area contributed by atoms with E-state index in [0.717, 1.165) is 36.3 Å². The number of hydrogen-bond acceptors (Lipinski definition) is 5. The van der Waals surface area contributed by atoms with E-state index in [1.807, 2.05) is 58.5 Å². The first-order valence-electron chi connectivity index (χ1n) is 11.6. The van der Waals surface area contributed by atoms with E-state index in [9.17, 15) is 14.9 Å². The van der Waals surface area contributed by atoms with Crippen LogP contribution in [0.25, 0.3) is 5.69 Å². The predicted octanol–water partition coefficient (Wildman–Crippen LogP) is 2.48. The van der Waals surface area contributed by atoms with Crippen molar-refractivity contribution in [1.29, 1.82) is 5.26 Å². The van der Waals surface area contributed by atoms with Crippen molar-refractivity contribution >= 4 is 17.6 Å². The van der Waals surface area contributed by atoms with Crippen LogP contribution in [-0.4, -0.2) is 72.1 Å². The summed E-state index contributed by atoms with van der Waals surface area (Å²) >= 11 is 0. The van der Waals surface area contributed by atoms with Crippen molar-refractivity contribution in [3.05, 3.63) is 47.2 Å². The third kappa shape index (κ3) is 4.95. The number of piperidine rings is 1. The van der Waals surface area contributed by atoms with Crippen LogP contribution in [0.4, 0.5) is 5.82 Å². The van der Waals surface area contributed by atoms with Crippen LogP contribution >= 0.6 is 0 Å². The summed E-state index contributed by atoms with van der Waals surface area (Å²) in [6.45, 7) is 7.85. The van der Waals surface area contributed by atoms with Crippen LogP contribution in [0.15, 0.2) is 30.3 Å². The van der Waals surface area contributed by atoms with Crippen LogP contribution in [0.3, 0.4) is 0 Å². The Morgan fingerprint density at radius 3 is 2.58 bits per heavy atom. The molecule has 3 heterocycles. The van der Waals surface area contributed by atoms with Crippen molar-refractivity contribution < 1.29 is 14.3 Å². The number of carbonyl (C=O) groups excluding carboxylic acids is 2. The smallest absolute Gasteiger partial charge is 0.239 e. The van der Waals surface area contributed by atoms with E-state index in [1.165, 1.54) is 0 Å². The number of nitrogens with one attached hydrogen (secondary N) is 1. The standard InChI is InChI=1S/C25H31N5O3/c1-18-19(2)30(21-8-4-3-5-9-21)24(22(18)15-26)27-23(31)17-28-10-6-7-20(16-28)25(32)29-11-13-33-14-12-29/h3-5,8-9,20H,6-7,10-14,16-17H2,1-2H3,(H,27,31). The molecule has 8 nitrogen and oxygen atoms in total. The molecule has 1 atom stereocenters. The van der Waals surface area contributed by atoms with Gasteiger partial charge in [-0.15, -0.1) is 0 Å². The summed E-state index contributed by atoms with van der Waals surface area (Å²) in [6.07, 6.45) is 1.73. The molecule has 0 spiro atoms. The molecule has 33 heavy (non-hydrogen) atoms. The number of benzene rings is 1. The molecule has 2 saturated heterocycles. The Morgan fingerprint density at radius 2 is 1.88 bits per heavy atom. The number of amides is 2. The van der Waals surface area contributed by atoms with Crippen LogP contribution in [0.5, 0.6) is 0 Å². The highest BCUT2D eigenvalue weighted by Gasteiger charge is 2.31. The lowest BCUT2D eigenvalue weighted by atomic mass is 9.96. The van der Waals surface area contributed by atoms with Crippen LogP contribution < -0.4 is 5.32 Å². The monoisotopic (exact) mass is 449 g/mol. The highest BCUT2D eigenvalue weighted by molar-refractivity contribution is 5.93. The fourth-order valence-electron chi connectivity index (χ4n) is 4.78. The maximum absolute atomic E-state index is 13.0. The van der Waals surface area contributed by atoms with Gasteiger partial charge in [-0.2, -0.15) is 5.26 Å². The molecule has 0 radical (unpaired) electrons. The van der Waals surface area contributed by atoms with Gasteiger partial charge >= 0.3 is 0 Å². The number of likely N-dealkylation sites (tertiary alicyclic amines) is 1. The maximum Gasteiger partial charge on any atom is 0.239 e. The zero-order chi connectivity index (χ0) is 23.4. The first-order valence-corrected chi connectivity index (χ1v) is 11.6. The summed E-state index contributed by atoms with van der Waals surface area (Å²) in [4.78, 5) is 29.9. The van der Waals surface area contributed by atoms with E-state index in [4.69, 9.17) is 4.74 Å². The van der Waals surface area contributed by atoms with Crippen molar-refractivity contribution in [3.63, 3.8) is 0 Å². The molecule has 1 unspecified atom stereocenters. The van der Waals surface area contributed by atoms with Crippen LogP contribution in [0.2, 0.25) is 0 Å². The van der Waals surface area contributed by atoms with E-state index in [2.05, 4.69) is 11.4 Å². The molecule has 1 aromatic heterocycles. The molecule has 0 aliphatic carbocycles. The largest absolute Gasteiger partial charge is 0.378 e. The van der Waals surface area contributed by atoms with Gasteiger partial charge < -0.3 is 15.0 Å². The highest BCUT2D eigenvalue weighted by atomic mass is 16.5. The number of carbonyl (C=O) groups is 2. The SMILES string of the molecule is Cc1c(C#N)c(NC(=O)CN2CCCC(C(=O)N3CCOCC3)C2)n(-c2ccccc2)c1C. The van der Waals surface area contributed by atoms with Crippen molar-refractivity contribution in [3.8, 4) is 11.8 Å². The molecule has 174 valence electrons. The summed E-state index contributed by atoms with van der Waals surface area (Å²) in [6, 6.07) is 12.0. The van der Waals surface area contributed by atoms with Gasteiger partial charge in [-0.05, 0) is 50.9 Å². The van der Waals surface area contributed by atoms with Crippen LogP contribution in [0, 0.1) is 31.1 Å². The molecule has 2 aromatic rings. The van der Waals surface area contributed by atoms with Gasteiger partial charge in [0.15, 0.2) is 0 Å². The third-order valence-electron chi connectivity index (χ3n) is 6.64. The van der Waals surface area contributed by atoms with E-state index in [0.29, 0.717) is 44.2 Å². The molecular formula is C25H31N5O3. The number of nitriles is 1. The Morgan fingerprint density at radius 1 is 1.15 bits per heavy atom. The first-order chi connectivity index (χ1) is 16.0. The average Bonchev–Trinajstić information content (AvgIpc) is 3.08. The maximum atomic E-state index is 13.0. The summed E-state index contributed by atoms with van der Waals surface area (Å²) < 4.78 is 7.28. The van der Waals surface area contributed by atoms with Gasteiger partial charge in [0.2, 0.25) is 11.8 Å². The zero-order valence-corrected chi connectivity index (χ0v) is 19.3. The van der Waals surface area contributed by atoms with Gasteiger partial charge in [0.25, 0.3) is 0 Å². The van der Waals surface area contributed by atoms with E-state index >= 15 is 0 Å². The van der Waals surface area contributed by atoms with E-state index in [-0.39, 0.29) is 24.3 Å². The van der Waals surface area contributed by atoms with Crippen molar-refractivity contribution in [2.24, 2.45) is 5.92 Å². The van der Waals surface area contributed by atoms with Gasteiger partial charge in [-0.25, -0.2) is 0 Å². The highest BCUT2D eigenvalue weighted by Crippen LogP contribution is 2.30. The molecule has 8 heteroatoms. The van der Waals surface area contributed by atoms with Gasteiger partial charge in [0, 0.05) is 31.0 Å². The number of anilines is 1. The molecule has 1 N–H and O–H groups in total. The fourth-order valence-corrected chi connectivity index (χ4v) is 4.78. The van der Waals surface area contributed by atoms with Crippen LogP contribution in [0.1, 0.15) is 29.7 Å². The molecular weight excluding hydrogens is 418 g/mol. The molecule has 2 fully saturated rings. The topological polar surface area (TPSA) is 90.6 Å². The van der Waals surface area contributed by atoms with Gasteiger partial charge in [0.05, 0.1) is 31.2 Å². The summed E-state index contributed by atoms with van der Waals surface area (Å²) in [5.74, 6) is 0.402. The number of ether oxygens (including phenoxy) is 1. The number of nitrogens with zero attached hydrogens (tertiary/aromatic N) is 4. The minimum atomic E-state index is -0.180. The van der Waals surface area contributed by atoms with E-state index in [1.54, 1.807) is 0 Å². The Balaban J connectivity index is 1.46.